The minimum Gasteiger partial charge on any atom is -0.267 e. The van der Waals surface area contributed by atoms with Gasteiger partial charge in [0.25, 0.3) is 5.56 Å². The van der Waals surface area contributed by atoms with E-state index in [0.717, 1.165) is 18.1 Å². The zero-order valence-corrected chi connectivity index (χ0v) is 6.86. The molecule has 0 aliphatic carbocycles. The molecule has 0 aromatic carbocycles. The quantitative estimate of drug-likeness (QED) is 0.698. The highest BCUT2D eigenvalue weighted by atomic mass is 32.1. The van der Waals surface area contributed by atoms with Gasteiger partial charge in [-0.15, -0.1) is 0 Å². The SMILES string of the molecule is CC(C)Cc1ns[nH]c1=O. The van der Waals surface area contributed by atoms with E-state index >= 15 is 0 Å². The molecular weight excluding hydrogens is 148 g/mol. The van der Waals surface area contributed by atoms with Crippen LogP contribution in [-0.2, 0) is 6.42 Å². The lowest BCUT2D eigenvalue weighted by Crippen LogP contribution is -2.08. The molecule has 0 aliphatic rings. The lowest BCUT2D eigenvalue weighted by atomic mass is 10.1. The maximum atomic E-state index is 10.8. The van der Waals surface area contributed by atoms with E-state index in [-0.39, 0.29) is 5.56 Å². The third-order valence-corrected chi connectivity index (χ3v) is 1.75. The summed E-state index contributed by atoms with van der Waals surface area (Å²) in [6.45, 7) is 4.14. The predicted molar refractivity (Wildman–Crippen MR) is 41.3 cm³/mol. The van der Waals surface area contributed by atoms with E-state index in [1.807, 2.05) is 0 Å². The highest BCUT2D eigenvalue weighted by molar-refractivity contribution is 6.99. The second-order valence-electron chi connectivity index (χ2n) is 2.66. The summed E-state index contributed by atoms with van der Waals surface area (Å²) in [6, 6.07) is 0. The smallest absolute Gasteiger partial charge is 0.267 e. The zero-order valence-electron chi connectivity index (χ0n) is 6.05. The molecule has 0 fully saturated rings. The topological polar surface area (TPSA) is 45.8 Å². The molecule has 3 nitrogen and oxygen atoms in total. The Hall–Kier alpha value is -0.640. The van der Waals surface area contributed by atoms with Crippen molar-refractivity contribution < 1.29 is 0 Å². The normalized spacial score (nSPS) is 10.7. The molecule has 0 unspecified atom stereocenters. The highest BCUT2D eigenvalue weighted by Crippen LogP contribution is 2.00. The minimum absolute atomic E-state index is 0.0290. The van der Waals surface area contributed by atoms with Gasteiger partial charge in [-0.1, -0.05) is 13.8 Å². The second kappa shape index (κ2) is 2.96. The van der Waals surface area contributed by atoms with Crippen LogP contribution in [0, 0.1) is 5.92 Å². The van der Waals surface area contributed by atoms with Crippen LogP contribution >= 0.6 is 11.7 Å². The molecule has 0 saturated carbocycles. The highest BCUT2D eigenvalue weighted by Gasteiger charge is 2.03. The van der Waals surface area contributed by atoms with Crippen molar-refractivity contribution in [3.63, 3.8) is 0 Å². The van der Waals surface area contributed by atoms with E-state index < -0.39 is 0 Å². The number of nitrogens with one attached hydrogen (secondary N) is 1. The first-order valence-electron chi connectivity index (χ1n) is 3.23. The standard InChI is InChI=1S/C6H10N2OS/c1-4(2)3-5-6(9)8-10-7-5/h4H,3H2,1-2H3,(H,8,9). The van der Waals surface area contributed by atoms with Crippen molar-refractivity contribution in [3.05, 3.63) is 16.0 Å². The van der Waals surface area contributed by atoms with Gasteiger partial charge in [-0.05, 0) is 12.3 Å². The Kier molecular flexibility index (Phi) is 2.21. The van der Waals surface area contributed by atoms with Gasteiger partial charge in [-0.2, -0.15) is 4.37 Å². The summed E-state index contributed by atoms with van der Waals surface area (Å²) in [4.78, 5) is 10.8. The van der Waals surface area contributed by atoms with Crippen LogP contribution in [0.15, 0.2) is 4.79 Å². The van der Waals surface area contributed by atoms with Gasteiger partial charge >= 0.3 is 0 Å². The van der Waals surface area contributed by atoms with Crippen molar-refractivity contribution >= 4 is 11.7 Å². The van der Waals surface area contributed by atoms with Crippen molar-refractivity contribution in [2.75, 3.05) is 0 Å². The van der Waals surface area contributed by atoms with Crippen molar-refractivity contribution in [2.45, 2.75) is 20.3 Å². The Balaban J connectivity index is 2.75. The largest absolute Gasteiger partial charge is 0.281 e. The minimum atomic E-state index is -0.0290. The maximum absolute atomic E-state index is 10.8. The molecule has 0 amide bonds. The monoisotopic (exact) mass is 158 g/mol. The Labute approximate surface area is 63.4 Å². The van der Waals surface area contributed by atoms with Gasteiger partial charge in [0.2, 0.25) is 0 Å². The molecular formula is C6H10N2OS. The van der Waals surface area contributed by atoms with Gasteiger partial charge in [0, 0.05) is 11.7 Å². The molecule has 1 rings (SSSR count). The third-order valence-electron chi connectivity index (χ3n) is 1.16. The summed E-state index contributed by atoms with van der Waals surface area (Å²) in [5.41, 5.74) is 0.638. The molecule has 0 aliphatic heterocycles. The van der Waals surface area contributed by atoms with Crippen LogP contribution < -0.4 is 5.56 Å². The van der Waals surface area contributed by atoms with E-state index in [0.29, 0.717) is 11.6 Å². The fourth-order valence-electron chi connectivity index (χ4n) is 0.736. The Morgan fingerprint density at radius 1 is 1.70 bits per heavy atom. The first-order valence-corrected chi connectivity index (χ1v) is 4.00. The van der Waals surface area contributed by atoms with Crippen molar-refractivity contribution in [2.24, 2.45) is 5.92 Å². The number of hydrogen-bond donors (Lipinski definition) is 1. The molecule has 1 aromatic rings. The molecule has 1 heterocycles. The molecule has 0 spiro atoms. The first kappa shape index (κ1) is 7.47. The number of aromatic amines is 1. The molecule has 0 atom stereocenters. The zero-order chi connectivity index (χ0) is 7.56. The van der Waals surface area contributed by atoms with E-state index in [1.165, 1.54) is 0 Å². The van der Waals surface area contributed by atoms with Crippen LogP contribution in [0.2, 0.25) is 0 Å². The van der Waals surface area contributed by atoms with Gasteiger partial charge in [0.1, 0.15) is 5.69 Å². The molecule has 56 valence electrons. The van der Waals surface area contributed by atoms with Gasteiger partial charge in [0.05, 0.1) is 0 Å². The summed E-state index contributed by atoms with van der Waals surface area (Å²) in [5, 5.41) is 0. The van der Waals surface area contributed by atoms with E-state index in [9.17, 15) is 4.79 Å². The first-order chi connectivity index (χ1) is 4.70. The van der Waals surface area contributed by atoms with E-state index in [2.05, 4.69) is 22.6 Å². The molecule has 4 heteroatoms. The molecule has 1 N–H and O–H groups in total. The van der Waals surface area contributed by atoms with Crippen molar-refractivity contribution in [1.82, 2.24) is 8.75 Å². The average molecular weight is 158 g/mol. The van der Waals surface area contributed by atoms with Crippen LogP contribution in [0.1, 0.15) is 19.5 Å². The Morgan fingerprint density at radius 3 is 2.80 bits per heavy atom. The molecule has 0 radical (unpaired) electrons. The molecule has 1 aromatic heterocycles. The van der Waals surface area contributed by atoms with Crippen LogP contribution in [-0.4, -0.2) is 8.75 Å². The number of aromatic nitrogens is 2. The second-order valence-corrected chi connectivity index (χ2v) is 3.23. The summed E-state index contributed by atoms with van der Waals surface area (Å²) in [6.07, 6.45) is 0.777. The Morgan fingerprint density at radius 2 is 2.40 bits per heavy atom. The lowest BCUT2D eigenvalue weighted by Gasteiger charge is -1.96. The average Bonchev–Trinajstić information content (AvgIpc) is 2.15. The Bertz CT molecular complexity index is 250. The van der Waals surface area contributed by atoms with E-state index in [4.69, 9.17) is 0 Å². The van der Waals surface area contributed by atoms with Gasteiger partial charge < -0.3 is 0 Å². The van der Waals surface area contributed by atoms with Gasteiger partial charge in [-0.25, -0.2) is 0 Å². The number of hydrogen-bond acceptors (Lipinski definition) is 3. The summed E-state index contributed by atoms with van der Waals surface area (Å²) in [7, 11) is 0. The predicted octanol–water partition coefficient (Wildman–Crippen LogP) is 1.03. The van der Waals surface area contributed by atoms with Crippen LogP contribution in [0.5, 0.6) is 0 Å². The fraction of sp³-hybridized carbons (Fsp3) is 0.667. The van der Waals surface area contributed by atoms with Crippen LogP contribution in [0.3, 0.4) is 0 Å². The third kappa shape index (κ3) is 1.67. The van der Waals surface area contributed by atoms with Crippen molar-refractivity contribution in [3.8, 4) is 0 Å². The lowest BCUT2D eigenvalue weighted by molar-refractivity contribution is 0.636. The number of H-pyrrole nitrogens is 1. The van der Waals surface area contributed by atoms with Crippen molar-refractivity contribution in [1.29, 1.82) is 0 Å². The van der Waals surface area contributed by atoms with E-state index in [1.54, 1.807) is 0 Å². The molecule has 0 bridgehead atoms. The summed E-state index contributed by atoms with van der Waals surface area (Å²) >= 11 is 1.12. The molecule has 0 saturated heterocycles. The number of rotatable bonds is 2. The summed E-state index contributed by atoms with van der Waals surface area (Å²) < 4.78 is 6.48. The summed E-state index contributed by atoms with van der Waals surface area (Å²) in [5.74, 6) is 0.503. The number of nitrogens with zero attached hydrogens (tertiary/aromatic N) is 1. The fourth-order valence-corrected chi connectivity index (χ4v) is 1.25. The van der Waals surface area contributed by atoms with Gasteiger partial charge in [0.15, 0.2) is 0 Å². The maximum Gasteiger partial charge on any atom is 0.281 e. The van der Waals surface area contributed by atoms with Gasteiger partial charge in [-0.3, -0.25) is 9.17 Å². The van der Waals surface area contributed by atoms with Crippen LogP contribution in [0.25, 0.3) is 0 Å². The molecule has 10 heavy (non-hydrogen) atoms. The van der Waals surface area contributed by atoms with Crippen LogP contribution in [0.4, 0.5) is 0 Å².